The highest BCUT2D eigenvalue weighted by atomic mass is 14.9. The number of benzene rings is 12. The molecular weight excluding hydrogens is 893 g/mol. The average molecular weight is 941 g/mol. The van der Waals surface area contributed by atoms with Crippen LogP contribution in [0.15, 0.2) is 291 Å². The fourth-order valence-corrected chi connectivity index (χ4v) is 10.6. The van der Waals surface area contributed by atoms with E-state index >= 15 is 0 Å². The first kappa shape index (κ1) is 44.2. The number of aromatic nitrogens is 2. The van der Waals surface area contributed by atoms with Crippen molar-refractivity contribution in [2.45, 2.75) is 0 Å². The molecule has 74 heavy (non-hydrogen) atoms. The second kappa shape index (κ2) is 19.4. The number of nitrogens with zero attached hydrogens (tertiary/aromatic N) is 2. The first-order valence-corrected chi connectivity index (χ1v) is 25.3. The van der Waals surface area contributed by atoms with Crippen LogP contribution in [0.4, 0.5) is 0 Å². The predicted octanol–water partition coefficient (Wildman–Crippen LogP) is 19.5. The monoisotopic (exact) mass is 940 g/mol. The molecule has 0 aliphatic heterocycles. The third kappa shape index (κ3) is 8.55. The third-order valence-corrected chi connectivity index (χ3v) is 14.3. The number of rotatable bonds is 10. The van der Waals surface area contributed by atoms with Gasteiger partial charge in [0, 0.05) is 22.1 Å². The summed E-state index contributed by atoms with van der Waals surface area (Å²) >= 11 is 0. The largest absolute Gasteiger partial charge is 0.227 e. The Bertz CT molecular complexity index is 4100. The minimum atomic E-state index is 0.676. The van der Waals surface area contributed by atoms with Crippen LogP contribution in [0, 0.1) is 0 Å². The van der Waals surface area contributed by atoms with Gasteiger partial charge in [-0.3, -0.25) is 0 Å². The molecule has 13 rings (SSSR count). The van der Waals surface area contributed by atoms with Crippen molar-refractivity contribution in [3.8, 4) is 112 Å². The SMILES string of the molecule is c1ccc(-c2cccc(-c3ccc(-c4ccc(-c5nc(-c6ccc(-c7ccc(-c8cccc(-c9ccccc9)c8)cc7)cc6)c6c(n5)c(-c5ccccc5)c(-c5ccccc5)c5ccccc56)cc4)cc3)c2)cc1. The van der Waals surface area contributed by atoms with Gasteiger partial charge in [-0.2, -0.15) is 0 Å². The summed E-state index contributed by atoms with van der Waals surface area (Å²) in [5.41, 5.74) is 22.5. The first-order valence-electron chi connectivity index (χ1n) is 25.3. The highest BCUT2D eigenvalue weighted by Gasteiger charge is 2.23. The Morgan fingerprint density at radius 3 is 0.905 bits per heavy atom. The molecule has 0 unspecified atom stereocenters. The van der Waals surface area contributed by atoms with Gasteiger partial charge in [0.05, 0.1) is 11.2 Å². The van der Waals surface area contributed by atoms with Crippen molar-refractivity contribution in [3.63, 3.8) is 0 Å². The van der Waals surface area contributed by atoms with Crippen LogP contribution in [0.25, 0.3) is 133 Å². The lowest BCUT2D eigenvalue weighted by Crippen LogP contribution is -2.00. The van der Waals surface area contributed by atoms with Crippen molar-refractivity contribution in [1.82, 2.24) is 9.97 Å². The summed E-state index contributed by atoms with van der Waals surface area (Å²) in [7, 11) is 0. The molecule has 0 radical (unpaired) electrons. The highest BCUT2D eigenvalue weighted by molar-refractivity contribution is 6.23. The Morgan fingerprint density at radius 2 is 0.486 bits per heavy atom. The number of hydrogen-bond acceptors (Lipinski definition) is 2. The van der Waals surface area contributed by atoms with Crippen LogP contribution >= 0.6 is 0 Å². The van der Waals surface area contributed by atoms with E-state index < -0.39 is 0 Å². The van der Waals surface area contributed by atoms with Gasteiger partial charge in [-0.25, -0.2) is 9.97 Å². The van der Waals surface area contributed by atoms with Gasteiger partial charge in [0.15, 0.2) is 5.82 Å². The van der Waals surface area contributed by atoms with Crippen molar-refractivity contribution < 1.29 is 0 Å². The number of hydrogen-bond donors (Lipinski definition) is 0. The molecule has 0 atom stereocenters. The Hall–Kier alpha value is -9.76. The van der Waals surface area contributed by atoms with E-state index in [1.165, 1.54) is 44.5 Å². The van der Waals surface area contributed by atoms with Crippen molar-refractivity contribution in [2.24, 2.45) is 0 Å². The van der Waals surface area contributed by atoms with E-state index in [1.807, 2.05) is 0 Å². The minimum absolute atomic E-state index is 0.676. The van der Waals surface area contributed by atoms with Gasteiger partial charge in [0.1, 0.15) is 0 Å². The van der Waals surface area contributed by atoms with Crippen molar-refractivity contribution in [3.05, 3.63) is 291 Å². The fourth-order valence-electron chi connectivity index (χ4n) is 10.6. The van der Waals surface area contributed by atoms with Crippen LogP contribution in [0.3, 0.4) is 0 Å². The Morgan fingerprint density at radius 1 is 0.189 bits per heavy atom. The fraction of sp³-hybridized carbons (Fsp3) is 0. The van der Waals surface area contributed by atoms with E-state index in [0.717, 1.165) is 83.0 Å². The molecule has 1 aromatic heterocycles. The highest BCUT2D eigenvalue weighted by Crippen LogP contribution is 2.47. The summed E-state index contributed by atoms with van der Waals surface area (Å²) in [5, 5.41) is 3.31. The maximum absolute atomic E-state index is 5.63. The molecule has 0 saturated heterocycles. The zero-order chi connectivity index (χ0) is 49.2. The lowest BCUT2D eigenvalue weighted by Gasteiger charge is -2.20. The number of fused-ring (bicyclic) bond motifs is 3. The molecule has 0 aliphatic rings. The van der Waals surface area contributed by atoms with Gasteiger partial charge in [-0.1, -0.05) is 279 Å². The molecule has 1 heterocycles. The van der Waals surface area contributed by atoms with E-state index in [9.17, 15) is 0 Å². The van der Waals surface area contributed by atoms with Gasteiger partial charge < -0.3 is 0 Å². The Balaban J connectivity index is 0.909. The second-order valence-corrected chi connectivity index (χ2v) is 18.9. The van der Waals surface area contributed by atoms with Gasteiger partial charge in [0.25, 0.3) is 0 Å². The minimum Gasteiger partial charge on any atom is -0.227 e. The summed E-state index contributed by atoms with van der Waals surface area (Å²) in [5.74, 6) is 0.676. The average Bonchev–Trinajstić information content (AvgIpc) is 3.49. The molecule has 346 valence electrons. The quantitative estimate of drug-likeness (QED) is 0.128. The summed E-state index contributed by atoms with van der Waals surface area (Å²) in [6.07, 6.45) is 0. The van der Waals surface area contributed by atoms with Gasteiger partial charge in [-0.05, 0) is 106 Å². The molecule has 12 aromatic carbocycles. The van der Waals surface area contributed by atoms with Crippen molar-refractivity contribution >= 4 is 21.7 Å². The summed E-state index contributed by atoms with van der Waals surface area (Å²) < 4.78 is 0. The van der Waals surface area contributed by atoms with E-state index in [2.05, 4.69) is 291 Å². The second-order valence-electron chi connectivity index (χ2n) is 18.9. The molecular formula is C72H48N2. The molecule has 2 nitrogen and oxygen atoms in total. The molecule has 0 fully saturated rings. The molecule has 0 N–H and O–H groups in total. The molecule has 0 spiro atoms. The van der Waals surface area contributed by atoms with Gasteiger partial charge >= 0.3 is 0 Å². The van der Waals surface area contributed by atoms with E-state index in [0.29, 0.717) is 5.82 Å². The Kier molecular flexibility index (Phi) is 11.6. The van der Waals surface area contributed by atoms with E-state index in [1.54, 1.807) is 0 Å². The molecule has 0 amide bonds. The third-order valence-electron chi connectivity index (χ3n) is 14.3. The maximum Gasteiger partial charge on any atom is 0.160 e. The van der Waals surface area contributed by atoms with Gasteiger partial charge in [-0.15, -0.1) is 0 Å². The smallest absolute Gasteiger partial charge is 0.160 e. The summed E-state index contributed by atoms with van der Waals surface area (Å²) in [6, 6.07) is 104. The van der Waals surface area contributed by atoms with Crippen LogP contribution in [-0.2, 0) is 0 Å². The first-order chi connectivity index (χ1) is 36.7. The topological polar surface area (TPSA) is 25.8 Å². The van der Waals surface area contributed by atoms with Gasteiger partial charge in [0.2, 0.25) is 0 Å². The maximum atomic E-state index is 5.63. The Labute approximate surface area is 432 Å². The summed E-state index contributed by atoms with van der Waals surface area (Å²) in [6.45, 7) is 0. The lowest BCUT2D eigenvalue weighted by molar-refractivity contribution is 1.23. The molecule has 0 bridgehead atoms. The molecule has 2 heteroatoms. The lowest BCUT2D eigenvalue weighted by atomic mass is 9.85. The van der Waals surface area contributed by atoms with E-state index in [4.69, 9.17) is 9.97 Å². The van der Waals surface area contributed by atoms with Crippen molar-refractivity contribution in [2.75, 3.05) is 0 Å². The predicted molar refractivity (Wildman–Crippen MR) is 311 cm³/mol. The van der Waals surface area contributed by atoms with E-state index in [-0.39, 0.29) is 0 Å². The van der Waals surface area contributed by atoms with Crippen LogP contribution < -0.4 is 0 Å². The zero-order valence-corrected chi connectivity index (χ0v) is 40.6. The standard InChI is InChI=1S/C72H48N2/c1-5-17-49(18-6-1)61-25-15-27-63(47-61)55-35-31-51(32-36-55)53-39-43-59(44-40-53)70-69-66-30-14-13-29-65(66)67(57-21-9-3-10-22-57)68(58-23-11-4-12-24-58)71(69)74-72(73-70)60-45-41-54(42-46-60)52-33-37-56(38-34-52)64-28-16-26-62(48-64)50-19-7-2-8-20-50/h1-48H. The molecule has 0 saturated carbocycles. The van der Waals surface area contributed by atoms with Crippen molar-refractivity contribution in [1.29, 1.82) is 0 Å². The van der Waals surface area contributed by atoms with Crippen LogP contribution in [0.1, 0.15) is 0 Å². The molecule has 0 aliphatic carbocycles. The van der Waals surface area contributed by atoms with Crippen LogP contribution in [-0.4, -0.2) is 9.97 Å². The normalized spacial score (nSPS) is 11.2. The zero-order valence-electron chi connectivity index (χ0n) is 40.6. The molecule has 13 aromatic rings. The van der Waals surface area contributed by atoms with Crippen LogP contribution in [0.5, 0.6) is 0 Å². The van der Waals surface area contributed by atoms with Crippen LogP contribution in [0.2, 0.25) is 0 Å². The summed E-state index contributed by atoms with van der Waals surface area (Å²) in [4.78, 5) is 11.2.